The first-order valence-electron chi connectivity index (χ1n) is 12.9. The Morgan fingerprint density at radius 3 is 2.18 bits per heavy atom. The number of carbonyl (C=O) groups is 1. The van der Waals surface area contributed by atoms with E-state index < -0.39 is 0 Å². The van der Waals surface area contributed by atoms with Crippen molar-refractivity contribution >= 4 is 6.47 Å². The molecule has 38 heavy (non-hydrogen) atoms. The predicted molar refractivity (Wildman–Crippen MR) is 160 cm³/mol. The fraction of sp³-hybridized carbons (Fsp3) is 0.265. The summed E-state index contributed by atoms with van der Waals surface area (Å²) >= 11 is 0. The maximum absolute atomic E-state index is 10.8. The maximum Gasteiger partial charge on any atom is 0.298 e. The molecule has 0 aromatic carbocycles. The van der Waals surface area contributed by atoms with Gasteiger partial charge >= 0.3 is 0 Å². The van der Waals surface area contributed by atoms with Crippen molar-refractivity contribution in [2.24, 2.45) is 0 Å². The molecule has 0 atom stereocenters. The molecule has 0 heterocycles. The molecule has 202 valence electrons. The van der Waals surface area contributed by atoms with Crippen LogP contribution in [0.2, 0.25) is 0 Å². The van der Waals surface area contributed by atoms with E-state index in [4.69, 9.17) is 14.2 Å². The first kappa shape index (κ1) is 32.0. The fourth-order valence-electron chi connectivity index (χ4n) is 3.24. The summed E-state index contributed by atoms with van der Waals surface area (Å²) < 4.78 is 16.3. The maximum atomic E-state index is 10.8. The third-order valence-corrected chi connectivity index (χ3v) is 5.53. The van der Waals surface area contributed by atoms with Gasteiger partial charge in [0.05, 0.1) is 7.11 Å². The molecule has 0 saturated heterocycles. The molecule has 4 heteroatoms. The van der Waals surface area contributed by atoms with Gasteiger partial charge in [-0.3, -0.25) is 4.79 Å². The van der Waals surface area contributed by atoms with Crippen molar-refractivity contribution in [3.8, 4) is 0 Å². The van der Waals surface area contributed by atoms with Gasteiger partial charge in [-0.15, -0.1) is 0 Å². The lowest BCUT2D eigenvalue weighted by Crippen LogP contribution is -1.99. The molecule has 0 saturated carbocycles. The molecule has 0 amide bonds. The van der Waals surface area contributed by atoms with Gasteiger partial charge in [0.15, 0.2) is 0 Å². The van der Waals surface area contributed by atoms with Crippen LogP contribution in [0.5, 0.6) is 0 Å². The molecule has 0 spiro atoms. The van der Waals surface area contributed by atoms with Gasteiger partial charge < -0.3 is 14.2 Å². The number of rotatable bonds is 17. The van der Waals surface area contributed by atoms with E-state index in [1.54, 1.807) is 31.4 Å². The van der Waals surface area contributed by atoms with Gasteiger partial charge in [-0.05, 0) is 59.4 Å². The molecule has 0 radical (unpaired) electrons. The average Bonchev–Trinajstić information content (AvgIpc) is 2.91. The van der Waals surface area contributed by atoms with Crippen molar-refractivity contribution in [3.63, 3.8) is 0 Å². The van der Waals surface area contributed by atoms with Crippen molar-refractivity contribution in [3.05, 3.63) is 145 Å². The van der Waals surface area contributed by atoms with E-state index in [9.17, 15) is 4.79 Å². The zero-order valence-electron chi connectivity index (χ0n) is 23.0. The highest BCUT2D eigenvalue weighted by atomic mass is 16.5. The minimum absolute atomic E-state index is 0.318. The average molecular weight is 515 g/mol. The van der Waals surface area contributed by atoms with Crippen LogP contribution in [0.25, 0.3) is 0 Å². The van der Waals surface area contributed by atoms with Crippen molar-refractivity contribution in [2.45, 2.75) is 45.4 Å². The predicted octanol–water partition coefficient (Wildman–Crippen LogP) is 8.85. The van der Waals surface area contributed by atoms with E-state index in [-0.39, 0.29) is 0 Å². The van der Waals surface area contributed by atoms with Crippen LogP contribution in [0.15, 0.2) is 145 Å². The normalized spacial score (nSPS) is 20.3. The quantitative estimate of drug-likeness (QED) is 0.0841. The zero-order chi connectivity index (χ0) is 28.0. The SMILES string of the molecule is C=C(/C=C\C(=C)C(=C)/C=C\C(=C)OC)COC1=C(CCCCCCC)/C=C/C=C(OC=O)\C=C/C=C/C=C\1. The zero-order valence-corrected chi connectivity index (χ0v) is 23.0. The minimum atomic E-state index is 0.318. The van der Waals surface area contributed by atoms with Crippen LogP contribution in [0.1, 0.15) is 45.4 Å². The highest BCUT2D eigenvalue weighted by molar-refractivity contribution is 5.45. The number of allylic oxidation sites excluding steroid dienone is 15. The number of carbonyl (C=O) groups excluding carboxylic acids is 1. The summed E-state index contributed by atoms with van der Waals surface area (Å²) in [5.74, 6) is 1.77. The summed E-state index contributed by atoms with van der Waals surface area (Å²) in [5, 5.41) is 0. The highest BCUT2D eigenvalue weighted by Gasteiger charge is 2.05. The highest BCUT2D eigenvalue weighted by Crippen LogP contribution is 2.20. The molecule has 4 nitrogen and oxygen atoms in total. The number of unbranched alkanes of at least 4 members (excludes halogenated alkanes) is 4. The Hall–Kier alpha value is -4.05. The fourth-order valence-corrected chi connectivity index (χ4v) is 3.24. The van der Waals surface area contributed by atoms with E-state index in [0.29, 0.717) is 24.6 Å². The molecule has 0 aliphatic heterocycles. The molecule has 0 aromatic rings. The van der Waals surface area contributed by atoms with Gasteiger partial charge in [-0.1, -0.05) is 114 Å². The van der Waals surface area contributed by atoms with E-state index in [2.05, 4.69) is 33.2 Å². The molecule has 0 unspecified atom stereocenters. The molecule has 1 aliphatic carbocycles. The van der Waals surface area contributed by atoms with E-state index in [1.165, 1.54) is 19.3 Å². The first-order chi connectivity index (χ1) is 18.4. The first-order valence-corrected chi connectivity index (χ1v) is 12.9. The second kappa shape index (κ2) is 20.1. The van der Waals surface area contributed by atoms with E-state index in [1.807, 2.05) is 54.7 Å². The number of hydrogen-bond acceptors (Lipinski definition) is 4. The van der Waals surface area contributed by atoms with Gasteiger partial charge in [0.2, 0.25) is 0 Å². The van der Waals surface area contributed by atoms with Crippen molar-refractivity contribution in [1.82, 2.24) is 0 Å². The summed E-state index contributed by atoms with van der Waals surface area (Å²) in [5.41, 5.74) is 3.36. The van der Waals surface area contributed by atoms with Gasteiger partial charge in [-0.25, -0.2) is 0 Å². The van der Waals surface area contributed by atoms with Gasteiger partial charge in [0.25, 0.3) is 6.47 Å². The number of methoxy groups -OCH3 is 1. The van der Waals surface area contributed by atoms with Crippen LogP contribution in [0.3, 0.4) is 0 Å². The Morgan fingerprint density at radius 1 is 0.816 bits per heavy atom. The third-order valence-electron chi connectivity index (χ3n) is 5.53. The lowest BCUT2D eigenvalue weighted by Gasteiger charge is -2.13. The van der Waals surface area contributed by atoms with Crippen LogP contribution in [-0.2, 0) is 19.0 Å². The Bertz CT molecular complexity index is 1070. The monoisotopic (exact) mass is 514 g/mol. The molecule has 0 aromatic heterocycles. The topological polar surface area (TPSA) is 44.8 Å². The van der Waals surface area contributed by atoms with Crippen molar-refractivity contribution in [1.29, 1.82) is 0 Å². The largest absolute Gasteiger partial charge is 0.497 e. The molecule has 1 aliphatic rings. The van der Waals surface area contributed by atoms with Crippen LogP contribution < -0.4 is 0 Å². The summed E-state index contributed by atoms with van der Waals surface area (Å²) in [4.78, 5) is 10.8. The summed E-state index contributed by atoms with van der Waals surface area (Å²) in [7, 11) is 1.57. The van der Waals surface area contributed by atoms with Crippen LogP contribution in [-0.4, -0.2) is 20.2 Å². The standard InChI is InChI=1S/C34H42O4/c1-7-8-9-10-13-17-32-18-16-20-33(38-27-35)19-14-11-12-15-21-34(32)37-26-28(2)22-23-29(3)30(4)24-25-31(5)36-6/h11-12,14-16,18-25,27H,2-5,7-10,13,17,26H2,1,6H3/b12-11+,14-11?,15-12?,18-16+,19-14-,20-16?,21-15-,23-22-,25-24-,32-18?,33-19?,33-20+,34-21?,34-32+. The number of ether oxygens (including phenoxy) is 3. The summed E-state index contributed by atoms with van der Waals surface area (Å²) in [6, 6.07) is 0. The summed E-state index contributed by atoms with van der Waals surface area (Å²) in [6.07, 6.45) is 30.9. The lowest BCUT2D eigenvalue weighted by molar-refractivity contribution is -0.124. The van der Waals surface area contributed by atoms with Crippen LogP contribution in [0.4, 0.5) is 0 Å². The molecule has 0 fully saturated rings. The molecular weight excluding hydrogens is 472 g/mol. The number of hydrogen-bond donors (Lipinski definition) is 0. The van der Waals surface area contributed by atoms with Gasteiger partial charge in [0.1, 0.15) is 23.9 Å². The molecule has 1 rings (SSSR count). The summed E-state index contributed by atoms with van der Waals surface area (Å²) in [6.45, 7) is 18.9. The lowest BCUT2D eigenvalue weighted by atomic mass is 10.0. The Labute approximate surface area is 229 Å². The second-order valence-electron chi connectivity index (χ2n) is 8.63. The van der Waals surface area contributed by atoms with Crippen LogP contribution >= 0.6 is 0 Å². The molecule has 0 bridgehead atoms. The van der Waals surface area contributed by atoms with Gasteiger partial charge in [-0.2, -0.15) is 0 Å². The van der Waals surface area contributed by atoms with E-state index >= 15 is 0 Å². The Balaban J connectivity index is 3.04. The molecule has 0 N–H and O–H groups in total. The smallest absolute Gasteiger partial charge is 0.298 e. The van der Waals surface area contributed by atoms with Crippen molar-refractivity contribution < 1.29 is 19.0 Å². The molecular formula is C34H42O4. The van der Waals surface area contributed by atoms with Crippen LogP contribution in [0, 0.1) is 0 Å². The van der Waals surface area contributed by atoms with Gasteiger partial charge in [0, 0.05) is 0 Å². The third kappa shape index (κ3) is 14.5. The second-order valence-corrected chi connectivity index (χ2v) is 8.63. The Morgan fingerprint density at radius 2 is 1.50 bits per heavy atom. The Kier molecular flexibility index (Phi) is 16.9. The minimum Gasteiger partial charge on any atom is -0.497 e. The van der Waals surface area contributed by atoms with Crippen molar-refractivity contribution in [2.75, 3.05) is 13.7 Å². The van der Waals surface area contributed by atoms with E-state index in [0.717, 1.165) is 47.3 Å².